The molecule has 0 spiro atoms. The molecule has 0 unspecified atom stereocenters. The summed E-state index contributed by atoms with van der Waals surface area (Å²) in [6.07, 6.45) is 3.53. The zero-order chi connectivity index (χ0) is 13.5. The fourth-order valence-electron chi connectivity index (χ4n) is 3.63. The van der Waals surface area contributed by atoms with Gasteiger partial charge in [0.15, 0.2) is 0 Å². The topological polar surface area (TPSA) is 3.24 Å². The monoisotopic (exact) mass is 261 g/mol. The van der Waals surface area contributed by atoms with E-state index < -0.39 is 0 Å². The maximum atomic E-state index is 2.44. The van der Waals surface area contributed by atoms with Gasteiger partial charge in [0.25, 0.3) is 0 Å². The maximum Gasteiger partial charge on any atom is 0.0234 e. The highest BCUT2D eigenvalue weighted by Gasteiger charge is 2.28. The average molecular weight is 261 g/mol. The van der Waals surface area contributed by atoms with Crippen LogP contribution in [0.1, 0.15) is 28.2 Å². The van der Waals surface area contributed by atoms with E-state index in [0.29, 0.717) is 5.92 Å². The van der Waals surface area contributed by atoms with E-state index in [-0.39, 0.29) is 0 Å². The quantitative estimate of drug-likeness (QED) is 0.753. The van der Waals surface area contributed by atoms with Crippen molar-refractivity contribution in [2.75, 3.05) is 13.6 Å². The Morgan fingerprint density at radius 1 is 0.950 bits per heavy atom. The van der Waals surface area contributed by atoms with Gasteiger partial charge in [-0.2, -0.15) is 0 Å². The second kappa shape index (κ2) is 4.60. The van der Waals surface area contributed by atoms with Crippen LogP contribution in [-0.2, 0) is 13.0 Å². The SMILES string of the molecule is CN1Cc2ccccc2[C@H](C2=Cc3ccccc3C2)C1. The Balaban J connectivity index is 1.74. The van der Waals surface area contributed by atoms with Crippen LogP contribution in [0.15, 0.2) is 54.1 Å². The molecule has 1 heterocycles. The Bertz CT molecular complexity index is 684. The zero-order valence-corrected chi connectivity index (χ0v) is 11.8. The lowest BCUT2D eigenvalue weighted by Gasteiger charge is -2.33. The van der Waals surface area contributed by atoms with Gasteiger partial charge in [0.05, 0.1) is 0 Å². The fourth-order valence-corrected chi connectivity index (χ4v) is 3.63. The molecule has 2 aromatic rings. The van der Waals surface area contributed by atoms with Crippen molar-refractivity contribution in [2.24, 2.45) is 0 Å². The molecule has 2 aromatic carbocycles. The van der Waals surface area contributed by atoms with Gasteiger partial charge in [-0.25, -0.2) is 0 Å². The van der Waals surface area contributed by atoms with Crippen molar-refractivity contribution in [3.05, 3.63) is 76.4 Å². The molecule has 0 saturated carbocycles. The molecule has 1 aliphatic heterocycles. The Morgan fingerprint density at radius 2 is 1.70 bits per heavy atom. The summed E-state index contributed by atoms with van der Waals surface area (Å²) in [6.45, 7) is 2.21. The molecular formula is C19H19N. The lowest BCUT2D eigenvalue weighted by molar-refractivity contribution is 0.293. The van der Waals surface area contributed by atoms with Crippen molar-refractivity contribution in [3.63, 3.8) is 0 Å². The van der Waals surface area contributed by atoms with E-state index in [9.17, 15) is 0 Å². The normalized spacial score (nSPS) is 21.2. The molecule has 1 nitrogen and oxygen atoms in total. The number of fused-ring (bicyclic) bond motifs is 2. The van der Waals surface area contributed by atoms with Crippen molar-refractivity contribution < 1.29 is 0 Å². The molecule has 1 heteroatoms. The van der Waals surface area contributed by atoms with Crippen LogP contribution in [0.3, 0.4) is 0 Å². The summed E-state index contributed by atoms with van der Waals surface area (Å²) in [5.41, 5.74) is 7.49. The molecule has 100 valence electrons. The second-order valence-corrected chi connectivity index (χ2v) is 6.04. The maximum absolute atomic E-state index is 2.44. The summed E-state index contributed by atoms with van der Waals surface area (Å²) < 4.78 is 0. The molecule has 0 N–H and O–H groups in total. The third-order valence-corrected chi connectivity index (χ3v) is 4.60. The summed E-state index contributed by atoms with van der Waals surface area (Å²) in [5.74, 6) is 0.553. The molecule has 4 rings (SSSR count). The van der Waals surface area contributed by atoms with Gasteiger partial charge >= 0.3 is 0 Å². The van der Waals surface area contributed by atoms with Crippen LogP contribution in [0.25, 0.3) is 6.08 Å². The van der Waals surface area contributed by atoms with Crippen molar-refractivity contribution in [1.29, 1.82) is 0 Å². The summed E-state index contributed by atoms with van der Waals surface area (Å²) in [7, 11) is 2.23. The van der Waals surface area contributed by atoms with E-state index in [2.05, 4.69) is 66.6 Å². The molecule has 0 aromatic heterocycles. The van der Waals surface area contributed by atoms with Crippen LogP contribution in [-0.4, -0.2) is 18.5 Å². The van der Waals surface area contributed by atoms with Crippen molar-refractivity contribution >= 4 is 6.08 Å². The predicted molar refractivity (Wildman–Crippen MR) is 83.6 cm³/mol. The largest absolute Gasteiger partial charge is 0.301 e. The third-order valence-electron chi connectivity index (χ3n) is 4.60. The average Bonchev–Trinajstić information content (AvgIpc) is 2.90. The summed E-state index contributed by atoms with van der Waals surface area (Å²) in [4.78, 5) is 2.44. The first-order valence-corrected chi connectivity index (χ1v) is 7.36. The number of hydrogen-bond donors (Lipinski definition) is 0. The van der Waals surface area contributed by atoms with Crippen LogP contribution >= 0.6 is 0 Å². The Morgan fingerprint density at radius 3 is 2.55 bits per heavy atom. The van der Waals surface area contributed by atoms with Gasteiger partial charge in [0.2, 0.25) is 0 Å². The van der Waals surface area contributed by atoms with Crippen LogP contribution in [0.2, 0.25) is 0 Å². The van der Waals surface area contributed by atoms with Crippen LogP contribution < -0.4 is 0 Å². The molecule has 2 aliphatic rings. The molecule has 0 bridgehead atoms. The van der Waals surface area contributed by atoms with Gasteiger partial charge in [0, 0.05) is 19.0 Å². The van der Waals surface area contributed by atoms with E-state index in [1.54, 1.807) is 5.57 Å². The van der Waals surface area contributed by atoms with Crippen LogP contribution in [0.5, 0.6) is 0 Å². The van der Waals surface area contributed by atoms with E-state index in [1.165, 1.54) is 22.3 Å². The van der Waals surface area contributed by atoms with Crippen molar-refractivity contribution in [1.82, 2.24) is 4.90 Å². The molecule has 0 radical (unpaired) electrons. The van der Waals surface area contributed by atoms with Gasteiger partial charge in [-0.1, -0.05) is 60.2 Å². The zero-order valence-electron chi connectivity index (χ0n) is 11.8. The first kappa shape index (κ1) is 11.9. The molecule has 1 atom stereocenters. The van der Waals surface area contributed by atoms with Crippen molar-refractivity contribution in [3.8, 4) is 0 Å². The molecule has 0 fully saturated rings. The number of hydrogen-bond acceptors (Lipinski definition) is 1. The molecule has 0 amide bonds. The number of likely N-dealkylation sites (N-methyl/N-ethyl adjacent to an activating group) is 1. The first-order valence-electron chi connectivity index (χ1n) is 7.36. The number of nitrogens with zero attached hydrogens (tertiary/aromatic N) is 1. The molecule has 20 heavy (non-hydrogen) atoms. The van der Waals surface area contributed by atoms with Crippen LogP contribution in [0, 0.1) is 0 Å². The molecule has 0 saturated heterocycles. The van der Waals surface area contributed by atoms with Gasteiger partial charge in [-0.05, 0) is 35.7 Å². The highest BCUT2D eigenvalue weighted by atomic mass is 15.1. The van der Waals surface area contributed by atoms with Crippen LogP contribution in [0.4, 0.5) is 0 Å². The summed E-state index contributed by atoms with van der Waals surface area (Å²) in [5, 5.41) is 0. The molecular weight excluding hydrogens is 242 g/mol. The highest BCUT2D eigenvalue weighted by Crippen LogP contribution is 2.38. The van der Waals surface area contributed by atoms with E-state index in [4.69, 9.17) is 0 Å². The standard InChI is InChI=1S/C19H19N/c1-20-12-16-8-4-5-9-18(16)19(13-20)17-10-14-6-2-3-7-15(14)11-17/h2-10,19H,11-13H2,1H3/t19-/m0/s1. The smallest absolute Gasteiger partial charge is 0.0234 e. The second-order valence-electron chi connectivity index (χ2n) is 6.04. The first-order chi connectivity index (χ1) is 9.81. The van der Waals surface area contributed by atoms with Crippen molar-refractivity contribution in [2.45, 2.75) is 18.9 Å². The Hall–Kier alpha value is -1.86. The molecule has 1 aliphatic carbocycles. The predicted octanol–water partition coefficient (Wildman–Crippen LogP) is 3.86. The van der Waals surface area contributed by atoms with E-state index in [1.807, 2.05) is 0 Å². The van der Waals surface area contributed by atoms with Gasteiger partial charge in [-0.15, -0.1) is 0 Å². The Labute approximate surface area is 120 Å². The third kappa shape index (κ3) is 1.90. The summed E-state index contributed by atoms with van der Waals surface area (Å²) >= 11 is 0. The Kier molecular flexibility index (Phi) is 2.75. The minimum atomic E-state index is 0.553. The fraction of sp³-hybridized carbons (Fsp3) is 0.263. The van der Waals surface area contributed by atoms with Gasteiger partial charge in [-0.3, -0.25) is 0 Å². The minimum Gasteiger partial charge on any atom is -0.301 e. The minimum absolute atomic E-state index is 0.553. The highest BCUT2D eigenvalue weighted by molar-refractivity contribution is 5.66. The lowest BCUT2D eigenvalue weighted by atomic mass is 9.84. The van der Waals surface area contributed by atoms with E-state index in [0.717, 1.165) is 19.5 Å². The van der Waals surface area contributed by atoms with E-state index >= 15 is 0 Å². The number of benzene rings is 2. The van der Waals surface area contributed by atoms with Gasteiger partial charge < -0.3 is 4.90 Å². The number of rotatable bonds is 1. The summed E-state index contributed by atoms with van der Waals surface area (Å²) in [6, 6.07) is 17.7. The lowest BCUT2D eigenvalue weighted by Crippen LogP contribution is -2.31. The van der Waals surface area contributed by atoms with Gasteiger partial charge in [0.1, 0.15) is 0 Å².